The minimum Gasteiger partial charge on any atom is -0.491 e. The fourth-order valence-electron chi connectivity index (χ4n) is 1.63. The molecule has 1 aromatic carbocycles. The Balaban J connectivity index is 2.03. The van der Waals surface area contributed by atoms with E-state index < -0.39 is 10.0 Å². The highest BCUT2D eigenvalue weighted by Gasteiger charge is 2.36. The highest BCUT2D eigenvalue weighted by molar-refractivity contribution is 7.89. The molecule has 5 nitrogen and oxygen atoms in total. The topological polar surface area (TPSA) is 75.6 Å². The molecule has 0 radical (unpaired) electrons. The number of aliphatic hydroxyl groups excluding tert-OH is 1. The van der Waals surface area contributed by atoms with Gasteiger partial charge < -0.3 is 9.84 Å². The minimum absolute atomic E-state index is 0.0683. The Hall–Kier alpha value is -1.11. The van der Waals surface area contributed by atoms with E-state index in [4.69, 9.17) is 9.84 Å². The highest BCUT2D eigenvalue weighted by atomic mass is 32.2. The first kappa shape index (κ1) is 13.3. The van der Waals surface area contributed by atoms with Crippen LogP contribution in [0.1, 0.15) is 13.3 Å². The molecule has 0 aliphatic heterocycles. The third-order valence-electron chi connectivity index (χ3n) is 2.91. The Morgan fingerprint density at radius 1 is 1.39 bits per heavy atom. The molecule has 6 heteroatoms. The number of hydrogen-bond acceptors (Lipinski definition) is 4. The van der Waals surface area contributed by atoms with Crippen LogP contribution in [-0.4, -0.2) is 32.8 Å². The van der Waals surface area contributed by atoms with E-state index in [1.54, 1.807) is 12.1 Å². The van der Waals surface area contributed by atoms with Crippen molar-refractivity contribution in [2.45, 2.75) is 24.3 Å². The van der Waals surface area contributed by atoms with E-state index in [9.17, 15) is 8.42 Å². The Morgan fingerprint density at radius 3 is 2.50 bits per heavy atom. The zero-order chi connectivity index (χ0) is 13.2. The molecular weight excluding hydrogens is 254 g/mol. The summed E-state index contributed by atoms with van der Waals surface area (Å²) >= 11 is 0. The third-order valence-corrected chi connectivity index (χ3v) is 4.42. The van der Waals surface area contributed by atoms with Gasteiger partial charge in [-0.2, -0.15) is 0 Å². The van der Waals surface area contributed by atoms with Crippen molar-refractivity contribution in [3.8, 4) is 5.75 Å². The third kappa shape index (κ3) is 3.22. The van der Waals surface area contributed by atoms with E-state index in [0.717, 1.165) is 6.42 Å². The molecule has 0 amide bonds. The van der Waals surface area contributed by atoms with E-state index >= 15 is 0 Å². The molecule has 1 aromatic rings. The van der Waals surface area contributed by atoms with Gasteiger partial charge in [-0.15, -0.1) is 0 Å². The highest BCUT2D eigenvalue weighted by Crippen LogP contribution is 2.30. The Morgan fingerprint density at radius 2 is 2.00 bits per heavy atom. The summed E-state index contributed by atoms with van der Waals surface area (Å²) in [5.74, 6) is 0.967. The zero-order valence-corrected chi connectivity index (χ0v) is 11.0. The Bertz CT molecular complexity index is 497. The second-order valence-corrected chi connectivity index (χ2v) is 6.20. The second kappa shape index (κ2) is 5.26. The number of sulfonamides is 1. The Kier molecular flexibility index (Phi) is 3.89. The van der Waals surface area contributed by atoms with Gasteiger partial charge in [0.2, 0.25) is 10.0 Å². The SMILES string of the molecule is CC1CC1NS(=O)(=O)c1ccc(OCCO)cc1. The van der Waals surface area contributed by atoms with E-state index in [1.165, 1.54) is 12.1 Å². The average molecular weight is 271 g/mol. The summed E-state index contributed by atoms with van der Waals surface area (Å²) in [5.41, 5.74) is 0. The van der Waals surface area contributed by atoms with Crippen molar-refractivity contribution in [2.24, 2.45) is 5.92 Å². The molecule has 0 aromatic heterocycles. The van der Waals surface area contributed by atoms with Crippen LogP contribution in [0.5, 0.6) is 5.75 Å². The molecule has 2 atom stereocenters. The van der Waals surface area contributed by atoms with Gasteiger partial charge in [-0.05, 0) is 36.6 Å². The molecule has 1 aliphatic rings. The molecule has 0 spiro atoms. The standard InChI is InChI=1S/C12H17NO4S/c1-9-8-12(9)13-18(15,16)11-4-2-10(3-5-11)17-7-6-14/h2-5,9,12-14H,6-8H2,1H3. The molecule has 2 rings (SSSR count). The van der Waals surface area contributed by atoms with E-state index in [2.05, 4.69) is 4.72 Å². The first-order chi connectivity index (χ1) is 8.53. The van der Waals surface area contributed by atoms with Crippen molar-refractivity contribution in [3.05, 3.63) is 24.3 Å². The second-order valence-electron chi connectivity index (χ2n) is 4.48. The molecule has 1 aliphatic carbocycles. The lowest BCUT2D eigenvalue weighted by atomic mass is 10.3. The average Bonchev–Trinajstić information content (AvgIpc) is 3.02. The summed E-state index contributed by atoms with van der Waals surface area (Å²) in [6.45, 7) is 2.14. The van der Waals surface area contributed by atoms with Gasteiger partial charge in [-0.3, -0.25) is 0 Å². The predicted molar refractivity (Wildman–Crippen MR) is 66.9 cm³/mol. The Labute approximate surface area is 107 Å². The van der Waals surface area contributed by atoms with Gasteiger partial charge >= 0.3 is 0 Å². The maximum Gasteiger partial charge on any atom is 0.240 e. The lowest BCUT2D eigenvalue weighted by molar-refractivity contribution is 0.201. The summed E-state index contributed by atoms with van der Waals surface area (Å²) in [6.07, 6.45) is 0.900. The van der Waals surface area contributed by atoms with Crippen molar-refractivity contribution < 1.29 is 18.3 Å². The van der Waals surface area contributed by atoms with E-state index in [1.807, 2.05) is 6.92 Å². The van der Waals surface area contributed by atoms with Crippen LogP contribution >= 0.6 is 0 Å². The molecule has 1 saturated carbocycles. The van der Waals surface area contributed by atoms with Crippen molar-refractivity contribution in [3.63, 3.8) is 0 Å². The first-order valence-corrected chi connectivity index (χ1v) is 7.37. The first-order valence-electron chi connectivity index (χ1n) is 5.89. The van der Waals surface area contributed by atoms with Crippen LogP contribution in [0.15, 0.2) is 29.2 Å². The largest absolute Gasteiger partial charge is 0.491 e. The van der Waals surface area contributed by atoms with Crippen molar-refractivity contribution >= 4 is 10.0 Å². The van der Waals surface area contributed by atoms with Crippen molar-refractivity contribution in [2.75, 3.05) is 13.2 Å². The van der Waals surface area contributed by atoms with Gasteiger partial charge in [0.1, 0.15) is 12.4 Å². The number of benzene rings is 1. The quantitative estimate of drug-likeness (QED) is 0.800. The fourth-order valence-corrected chi connectivity index (χ4v) is 2.99. The number of nitrogens with one attached hydrogen (secondary N) is 1. The number of ether oxygens (including phenoxy) is 1. The lowest BCUT2D eigenvalue weighted by Gasteiger charge is -2.07. The van der Waals surface area contributed by atoms with Crippen LogP contribution in [0.3, 0.4) is 0 Å². The number of hydrogen-bond donors (Lipinski definition) is 2. The van der Waals surface area contributed by atoms with Crippen LogP contribution in [0.25, 0.3) is 0 Å². The number of aliphatic hydroxyl groups is 1. The summed E-state index contributed by atoms with van der Waals surface area (Å²) in [4.78, 5) is 0.234. The molecule has 100 valence electrons. The van der Waals surface area contributed by atoms with Gasteiger partial charge in [0.05, 0.1) is 11.5 Å². The predicted octanol–water partition coefficient (Wildman–Crippen LogP) is 0.744. The minimum atomic E-state index is -3.42. The van der Waals surface area contributed by atoms with E-state index in [-0.39, 0.29) is 24.2 Å². The van der Waals surface area contributed by atoms with Crippen LogP contribution in [0.2, 0.25) is 0 Å². The van der Waals surface area contributed by atoms with Gasteiger partial charge in [0.15, 0.2) is 0 Å². The summed E-state index contributed by atoms with van der Waals surface area (Å²) < 4.78 is 31.7. The normalized spacial score (nSPS) is 22.8. The molecule has 2 unspecified atom stereocenters. The molecule has 0 saturated heterocycles. The molecular formula is C12H17NO4S. The maximum atomic E-state index is 12.0. The lowest BCUT2D eigenvalue weighted by Crippen LogP contribution is -2.26. The molecule has 2 N–H and O–H groups in total. The van der Waals surface area contributed by atoms with Gasteiger partial charge in [0, 0.05) is 6.04 Å². The molecule has 1 fully saturated rings. The maximum absolute atomic E-state index is 12.0. The summed E-state index contributed by atoms with van der Waals surface area (Å²) in [7, 11) is -3.42. The van der Waals surface area contributed by atoms with Crippen LogP contribution in [-0.2, 0) is 10.0 Å². The van der Waals surface area contributed by atoms with Crippen LogP contribution < -0.4 is 9.46 Å². The molecule has 18 heavy (non-hydrogen) atoms. The molecule has 0 heterocycles. The van der Waals surface area contributed by atoms with Crippen molar-refractivity contribution in [1.29, 1.82) is 0 Å². The number of rotatable bonds is 6. The van der Waals surface area contributed by atoms with Gasteiger partial charge in [-0.1, -0.05) is 6.92 Å². The van der Waals surface area contributed by atoms with Gasteiger partial charge in [0.25, 0.3) is 0 Å². The van der Waals surface area contributed by atoms with E-state index in [0.29, 0.717) is 11.7 Å². The van der Waals surface area contributed by atoms with Crippen LogP contribution in [0, 0.1) is 5.92 Å². The zero-order valence-electron chi connectivity index (χ0n) is 10.2. The summed E-state index contributed by atoms with van der Waals surface area (Å²) in [5, 5.41) is 8.61. The van der Waals surface area contributed by atoms with Crippen molar-refractivity contribution in [1.82, 2.24) is 4.72 Å². The fraction of sp³-hybridized carbons (Fsp3) is 0.500. The van der Waals surface area contributed by atoms with Gasteiger partial charge in [-0.25, -0.2) is 13.1 Å². The molecule has 0 bridgehead atoms. The van der Waals surface area contributed by atoms with Crippen LogP contribution in [0.4, 0.5) is 0 Å². The summed E-state index contributed by atoms with van der Waals surface area (Å²) in [6, 6.07) is 6.24. The smallest absolute Gasteiger partial charge is 0.240 e. The monoisotopic (exact) mass is 271 g/mol.